The number of halogens is 1. The molecule has 2 amide bonds. The summed E-state index contributed by atoms with van der Waals surface area (Å²) in [6.45, 7) is 9.69. The Bertz CT molecular complexity index is 1430. The highest BCUT2D eigenvalue weighted by Crippen LogP contribution is 2.56. The number of likely N-dealkylation sites (tertiary alicyclic amines) is 1. The van der Waals surface area contributed by atoms with Crippen molar-refractivity contribution in [3.63, 3.8) is 0 Å². The van der Waals surface area contributed by atoms with Gasteiger partial charge in [-0.1, -0.05) is 47.5 Å². The van der Waals surface area contributed by atoms with E-state index >= 15 is 0 Å². The fraction of sp³-hybridized carbons (Fsp3) is 0.448. The van der Waals surface area contributed by atoms with Crippen LogP contribution in [0.3, 0.4) is 0 Å². The summed E-state index contributed by atoms with van der Waals surface area (Å²) in [5, 5.41) is 0.429. The zero-order valence-electron chi connectivity index (χ0n) is 22.3. The number of imide groups is 1. The number of allylic oxidation sites excluding steroid dienone is 1. The molecule has 2 aliphatic heterocycles. The van der Waals surface area contributed by atoms with Crippen LogP contribution in [0.5, 0.6) is 0 Å². The summed E-state index contributed by atoms with van der Waals surface area (Å²) in [7, 11) is -3.99. The molecule has 2 saturated heterocycles. The number of carbonyl (C=O) groups is 2. The predicted molar refractivity (Wildman–Crippen MR) is 145 cm³/mol. The van der Waals surface area contributed by atoms with Crippen molar-refractivity contribution in [2.75, 3.05) is 13.2 Å². The van der Waals surface area contributed by atoms with E-state index in [0.29, 0.717) is 23.0 Å². The monoisotopic (exact) mass is 556 g/mol. The lowest BCUT2D eigenvalue weighted by atomic mass is 9.71. The van der Waals surface area contributed by atoms with E-state index in [-0.39, 0.29) is 29.7 Å². The molecule has 0 unspecified atom stereocenters. The fourth-order valence-electron chi connectivity index (χ4n) is 6.24. The van der Waals surface area contributed by atoms with Gasteiger partial charge in [-0.15, -0.1) is 0 Å². The third kappa shape index (κ3) is 4.17. The van der Waals surface area contributed by atoms with Crippen LogP contribution in [0.15, 0.2) is 64.8 Å². The molecule has 1 aliphatic carbocycles. The number of fused-ring (bicyclic) bond motifs is 3. The van der Waals surface area contributed by atoms with Gasteiger partial charge in [0.15, 0.2) is 0 Å². The molecule has 0 radical (unpaired) electrons. The molecule has 4 atom stereocenters. The van der Waals surface area contributed by atoms with Crippen molar-refractivity contribution >= 4 is 33.4 Å². The van der Waals surface area contributed by atoms with Gasteiger partial charge in [-0.05, 0) is 64.0 Å². The number of carbonyl (C=O) groups excluding carboxylic acids is 2. The maximum Gasteiger partial charge on any atom is 0.243 e. The summed E-state index contributed by atoms with van der Waals surface area (Å²) in [5.74, 6) is -1.66. The van der Waals surface area contributed by atoms with Crippen molar-refractivity contribution in [1.82, 2.24) is 9.21 Å². The molecule has 2 heterocycles. The molecule has 0 saturated carbocycles. The number of hydrogen-bond donors (Lipinski definition) is 0. The molecule has 0 aromatic heterocycles. The molecule has 0 bridgehead atoms. The van der Waals surface area contributed by atoms with Gasteiger partial charge in [0.1, 0.15) is 0 Å². The number of aryl methyl sites for hydroxylation is 1. The van der Waals surface area contributed by atoms with Crippen molar-refractivity contribution in [2.24, 2.45) is 17.8 Å². The average molecular weight is 557 g/mol. The maximum atomic E-state index is 14.2. The Morgan fingerprint density at radius 2 is 1.66 bits per heavy atom. The number of rotatable bonds is 5. The third-order valence-electron chi connectivity index (χ3n) is 7.81. The highest BCUT2D eigenvalue weighted by Gasteiger charge is 2.62. The number of amides is 2. The van der Waals surface area contributed by atoms with Gasteiger partial charge in [-0.25, -0.2) is 8.42 Å². The van der Waals surface area contributed by atoms with Crippen LogP contribution < -0.4 is 0 Å². The lowest BCUT2D eigenvalue weighted by molar-refractivity contribution is -0.145. The van der Waals surface area contributed by atoms with Crippen molar-refractivity contribution < 1.29 is 22.7 Å². The zero-order chi connectivity index (χ0) is 27.6. The number of nitrogens with zero attached hydrogens (tertiary/aromatic N) is 2. The van der Waals surface area contributed by atoms with E-state index in [2.05, 4.69) is 0 Å². The van der Waals surface area contributed by atoms with Crippen LogP contribution in [0.2, 0.25) is 5.02 Å². The lowest BCUT2D eigenvalue weighted by Gasteiger charge is -2.32. The summed E-state index contributed by atoms with van der Waals surface area (Å²) in [5.41, 5.74) is 1.62. The maximum absolute atomic E-state index is 14.2. The van der Waals surface area contributed by atoms with E-state index in [1.54, 1.807) is 36.4 Å². The number of sulfonamides is 1. The van der Waals surface area contributed by atoms with Crippen LogP contribution in [0, 0.1) is 24.7 Å². The van der Waals surface area contributed by atoms with E-state index < -0.39 is 39.4 Å². The van der Waals surface area contributed by atoms with Crippen LogP contribution in [0.25, 0.3) is 0 Å². The Kier molecular flexibility index (Phi) is 6.73. The first-order valence-electron chi connectivity index (χ1n) is 12.9. The number of ether oxygens (including phenoxy) is 1. The summed E-state index contributed by atoms with van der Waals surface area (Å²) >= 11 is 6.67. The van der Waals surface area contributed by atoms with Crippen LogP contribution in [-0.2, 0) is 24.3 Å². The molecule has 3 aliphatic rings. The van der Waals surface area contributed by atoms with E-state index in [4.69, 9.17) is 16.3 Å². The highest BCUT2D eigenvalue weighted by atomic mass is 35.5. The molecule has 7 nitrogen and oxygen atoms in total. The Hall–Kier alpha value is -2.68. The van der Waals surface area contributed by atoms with Crippen LogP contribution in [-0.4, -0.2) is 48.1 Å². The first-order chi connectivity index (χ1) is 17.9. The van der Waals surface area contributed by atoms with E-state index in [1.807, 2.05) is 46.8 Å². The van der Waals surface area contributed by atoms with Gasteiger partial charge in [-0.2, -0.15) is 4.31 Å². The van der Waals surface area contributed by atoms with Gasteiger partial charge in [-0.3, -0.25) is 14.5 Å². The average Bonchev–Trinajstić information content (AvgIpc) is 3.36. The minimum absolute atomic E-state index is 0.0518. The van der Waals surface area contributed by atoms with E-state index in [1.165, 1.54) is 9.21 Å². The molecule has 0 spiro atoms. The minimum Gasteiger partial charge on any atom is -0.498 e. The second-order valence-electron chi connectivity index (χ2n) is 11.2. The minimum atomic E-state index is -3.99. The summed E-state index contributed by atoms with van der Waals surface area (Å²) < 4.78 is 35.9. The molecule has 38 heavy (non-hydrogen) atoms. The van der Waals surface area contributed by atoms with Crippen LogP contribution >= 0.6 is 11.6 Å². The Labute approximate surface area is 229 Å². The summed E-state index contributed by atoms with van der Waals surface area (Å²) in [6, 6.07) is 13.1. The van der Waals surface area contributed by atoms with Gasteiger partial charge in [0, 0.05) is 29.4 Å². The molecule has 9 heteroatoms. The molecule has 0 N–H and O–H groups in total. The summed E-state index contributed by atoms with van der Waals surface area (Å²) in [6.07, 6.45) is 0.251. The van der Waals surface area contributed by atoms with Crippen LogP contribution in [0.4, 0.5) is 0 Å². The first kappa shape index (κ1) is 26.9. The van der Waals surface area contributed by atoms with Crippen molar-refractivity contribution in [3.8, 4) is 0 Å². The van der Waals surface area contributed by atoms with Crippen LogP contribution in [0.1, 0.15) is 51.3 Å². The molecular weight excluding hydrogens is 524 g/mol. The van der Waals surface area contributed by atoms with Gasteiger partial charge in [0.05, 0.1) is 35.1 Å². The van der Waals surface area contributed by atoms with Crippen molar-refractivity contribution in [3.05, 3.63) is 76.0 Å². The SMILES string of the molecule is CCOC1=C2[C@@H](CN(S(=O)(=O)c3ccc(C)cc3)[C@H]2c2ccccc2Cl)[C@H]2C(=O)N(C(C)(C)C)C(=O)[C@H]2C1. The summed E-state index contributed by atoms with van der Waals surface area (Å²) in [4.78, 5) is 28.9. The molecular formula is C29H33ClN2O5S. The topological polar surface area (TPSA) is 84.0 Å². The van der Waals surface area contributed by atoms with Gasteiger partial charge in [0.2, 0.25) is 21.8 Å². The Morgan fingerprint density at radius 3 is 2.26 bits per heavy atom. The van der Waals surface area contributed by atoms with Gasteiger partial charge < -0.3 is 4.74 Å². The lowest BCUT2D eigenvalue weighted by Crippen LogP contribution is -2.46. The standard InChI is InChI=1S/C29H33ClN2O5S/c1-6-37-23-15-20-24(28(34)32(27(20)33)29(3,4)5)21-16-31(38(35,36)18-13-11-17(2)12-14-18)26(25(21)23)19-9-7-8-10-22(19)30/h7-14,20-21,24,26H,6,15-16H2,1-5H3/t20-,21-,24-,26-/m0/s1. The second kappa shape index (κ2) is 9.50. The van der Waals surface area contributed by atoms with Gasteiger partial charge >= 0.3 is 0 Å². The quantitative estimate of drug-likeness (QED) is 0.478. The first-order valence-corrected chi connectivity index (χ1v) is 14.8. The highest BCUT2D eigenvalue weighted by molar-refractivity contribution is 7.89. The molecule has 2 fully saturated rings. The number of benzene rings is 2. The zero-order valence-corrected chi connectivity index (χ0v) is 23.8. The largest absolute Gasteiger partial charge is 0.498 e. The number of hydrogen-bond acceptors (Lipinski definition) is 5. The van der Waals surface area contributed by atoms with Gasteiger partial charge in [0.25, 0.3) is 0 Å². The molecule has 2 aromatic carbocycles. The second-order valence-corrected chi connectivity index (χ2v) is 13.5. The Balaban J connectivity index is 1.72. The van der Waals surface area contributed by atoms with Crippen molar-refractivity contribution in [1.29, 1.82) is 0 Å². The van der Waals surface area contributed by atoms with E-state index in [9.17, 15) is 18.0 Å². The Morgan fingerprint density at radius 1 is 1.00 bits per heavy atom. The van der Waals surface area contributed by atoms with E-state index in [0.717, 1.165) is 11.1 Å². The molecule has 2 aromatic rings. The molecule has 202 valence electrons. The molecule has 5 rings (SSSR count). The van der Waals surface area contributed by atoms with Crippen molar-refractivity contribution in [2.45, 2.75) is 57.5 Å². The third-order valence-corrected chi connectivity index (χ3v) is 10.0. The predicted octanol–water partition coefficient (Wildman–Crippen LogP) is 5.10. The fourth-order valence-corrected chi connectivity index (χ4v) is 8.09. The normalized spacial score (nSPS) is 26.1. The smallest absolute Gasteiger partial charge is 0.243 e.